The summed E-state index contributed by atoms with van der Waals surface area (Å²) in [6.07, 6.45) is -2.70. The van der Waals surface area contributed by atoms with Crippen LogP contribution < -0.4 is 5.32 Å². The van der Waals surface area contributed by atoms with Crippen LogP contribution in [0.1, 0.15) is 42.7 Å². The highest BCUT2D eigenvalue weighted by atomic mass is 19.4. The molecule has 2 saturated carbocycles. The van der Waals surface area contributed by atoms with Crippen molar-refractivity contribution >= 4 is 11.9 Å². The van der Waals surface area contributed by atoms with Crippen molar-refractivity contribution in [2.75, 3.05) is 0 Å². The largest absolute Gasteiger partial charge is 0.480 e. The summed E-state index contributed by atoms with van der Waals surface area (Å²) >= 11 is 0. The van der Waals surface area contributed by atoms with E-state index in [4.69, 9.17) is 0 Å². The summed E-state index contributed by atoms with van der Waals surface area (Å²) in [5.41, 5.74) is -1.84. The predicted octanol–water partition coefficient (Wildman–Crippen LogP) is 2.93. The van der Waals surface area contributed by atoms with Crippen LogP contribution in [0.2, 0.25) is 0 Å². The van der Waals surface area contributed by atoms with E-state index in [1.165, 1.54) is 18.2 Å². The van der Waals surface area contributed by atoms with Crippen LogP contribution in [0, 0.1) is 5.92 Å². The highest BCUT2D eigenvalue weighted by molar-refractivity contribution is 5.90. The number of aliphatic carboxylic acids is 1. The molecule has 2 atom stereocenters. The number of carboxylic acid groups (broad SMARTS) is 1. The summed E-state index contributed by atoms with van der Waals surface area (Å²) in [5.74, 6) is -2.63. The van der Waals surface area contributed by atoms with Crippen LogP contribution in [-0.2, 0) is 15.8 Å². The van der Waals surface area contributed by atoms with Crippen molar-refractivity contribution in [1.82, 2.24) is 5.32 Å². The molecule has 1 aromatic carbocycles. The molecule has 3 rings (SSSR count). The van der Waals surface area contributed by atoms with Crippen LogP contribution in [0.15, 0.2) is 24.3 Å². The van der Waals surface area contributed by atoms with Gasteiger partial charge in [-0.05, 0) is 43.2 Å². The molecule has 1 aromatic rings. The maximum absolute atomic E-state index is 13.0. The van der Waals surface area contributed by atoms with Crippen LogP contribution in [0.4, 0.5) is 13.2 Å². The van der Waals surface area contributed by atoms with Crippen molar-refractivity contribution in [3.63, 3.8) is 0 Å². The highest BCUT2D eigenvalue weighted by Crippen LogP contribution is 2.51. The van der Waals surface area contributed by atoms with Crippen LogP contribution >= 0.6 is 0 Å². The lowest BCUT2D eigenvalue weighted by Gasteiger charge is -2.38. The van der Waals surface area contributed by atoms with Gasteiger partial charge in [0.1, 0.15) is 5.54 Å². The maximum Gasteiger partial charge on any atom is 0.416 e. The third-order valence-corrected chi connectivity index (χ3v) is 4.77. The van der Waals surface area contributed by atoms with Crippen molar-refractivity contribution in [3.05, 3.63) is 35.4 Å². The first-order chi connectivity index (χ1) is 10.7. The molecule has 23 heavy (non-hydrogen) atoms. The monoisotopic (exact) mass is 327 g/mol. The summed E-state index contributed by atoms with van der Waals surface area (Å²) in [7, 11) is 0. The zero-order valence-corrected chi connectivity index (χ0v) is 12.2. The molecule has 124 valence electrons. The van der Waals surface area contributed by atoms with Gasteiger partial charge in [-0.2, -0.15) is 13.2 Å². The molecular formula is C16H16F3NO3. The van der Waals surface area contributed by atoms with Crippen LogP contribution in [0.3, 0.4) is 0 Å². The lowest BCUT2D eigenvalue weighted by molar-refractivity contribution is -0.152. The first-order valence-electron chi connectivity index (χ1n) is 7.46. The molecule has 0 aliphatic heterocycles. The summed E-state index contributed by atoms with van der Waals surface area (Å²) in [6.45, 7) is 0. The summed E-state index contributed by atoms with van der Waals surface area (Å²) in [4.78, 5) is 23.5. The summed E-state index contributed by atoms with van der Waals surface area (Å²) in [5, 5.41) is 11.7. The lowest BCUT2D eigenvalue weighted by atomic mass is 9.76. The van der Waals surface area contributed by atoms with E-state index in [9.17, 15) is 27.9 Å². The van der Waals surface area contributed by atoms with Gasteiger partial charge in [-0.3, -0.25) is 4.79 Å². The third kappa shape index (κ3) is 2.80. The Hall–Kier alpha value is -2.05. The number of amides is 1. The average Bonchev–Trinajstić information content (AvgIpc) is 3.21. The molecule has 4 nitrogen and oxygen atoms in total. The van der Waals surface area contributed by atoms with E-state index in [0.29, 0.717) is 19.3 Å². The maximum atomic E-state index is 13.0. The molecular weight excluding hydrogens is 311 g/mol. The Bertz CT molecular complexity index is 652. The number of nitrogens with one attached hydrogen (secondary N) is 1. The van der Waals surface area contributed by atoms with Crippen molar-refractivity contribution < 1.29 is 27.9 Å². The van der Waals surface area contributed by atoms with Gasteiger partial charge in [0.05, 0.1) is 5.56 Å². The van der Waals surface area contributed by atoms with E-state index in [1.807, 2.05) is 0 Å². The van der Waals surface area contributed by atoms with Crippen molar-refractivity contribution in [2.45, 2.75) is 43.3 Å². The predicted molar refractivity (Wildman–Crippen MR) is 74.7 cm³/mol. The Morgan fingerprint density at radius 2 is 1.87 bits per heavy atom. The number of hydrogen-bond acceptors (Lipinski definition) is 2. The second kappa shape index (κ2) is 5.25. The van der Waals surface area contributed by atoms with Gasteiger partial charge < -0.3 is 10.4 Å². The standard InChI is InChI=1S/C16H16F3NO3/c17-16(18,19)12-5-2-1-4-9(12)10-8-11(10)13(21)20-15(14(22)23)6-3-7-15/h1-2,4-5,10-11H,3,6-8H2,(H,20,21)(H,22,23). The number of hydrogen-bond donors (Lipinski definition) is 2. The van der Waals surface area contributed by atoms with Gasteiger partial charge in [0.15, 0.2) is 0 Å². The quantitative estimate of drug-likeness (QED) is 0.893. The molecule has 2 fully saturated rings. The number of halogens is 3. The second-order valence-corrected chi connectivity index (χ2v) is 6.26. The molecule has 1 amide bonds. The van der Waals surface area contributed by atoms with Gasteiger partial charge in [0.25, 0.3) is 0 Å². The van der Waals surface area contributed by atoms with Gasteiger partial charge in [-0.25, -0.2) is 4.79 Å². The number of rotatable bonds is 4. The van der Waals surface area contributed by atoms with Crippen molar-refractivity contribution in [2.24, 2.45) is 5.92 Å². The molecule has 0 spiro atoms. The number of carbonyl (C=O) groups excluding carboxylic acids is 1. The zero-order valence-electron chi connectivity index (χ0n) is 12.2. The fourth-order valence-corrected chi connectivity index (χ4v) is 3.16. The molecule has 2 unspecified atom stereocenters. The molecule has 0 radical (unpaired) electrons. The van der Waals surface area contributed by atoms with Gasteiger partial charge in [-0.15, -0.1) is 0 Å². The Kier molecular flexibility index (Phi) is 3.61. The van der Waals surface area contributed by atoms with Crippen molar-refractivity contribution in [3.8, 4) is 0 Å². The van der Waals surface area contributed by atoms with Crippen LogP contribution in [0.25, 0.3) is 0 Å². The minimum absolute atomic E-state index is 0.109. The minimum Gasteiger partial charge on any atom is -0.480 e. The van der Waals surface area contributed by atoms with Gasteiger partial charge in [0, 0.05) is 5.92 Å². The van der Waals surface area contributed by atoms with E-state index in [0.717, 1.165) is 12.5 Å². The van der Waals surface area contributed by atoms with Crippen LogP contribution in [-0.4, -0.2) is 22.5 Å². The van der Waals surface area contributed by atoms with Gasteiger partial charge in [0.2, 0.25) is 5.91 Å². The Morgan fingerprint density at radius 1 is 1.22 bits per heavy atom. The molecule has 0 saturated heterocycles. The lowest BCUT2D eigenvalue weighted by Crippen LogP contribution is -2.59. The van der Waals surface area contributed by atoms with Gasteiger partial charge in [-0.1, -0.05) is 18.2 Å². The van der Waals surface area contributed by atoms with E-state index in [-0.39, 0.29) is 5.56 Å². The van der Waals surface area contributed by atoms with E-state index in [1.54, 1.807) is 0 Å². The summed E-state index contributed by atoms with van der Waals surface area (Å²) < 4.78 is 39.1. The van der Waals surface area contributed by atoms with Crippen LogP contribution in [0.5, 0.6) is 0 Å². The van der Waals surface area contributed by atoms with Crippen molar-refractivity contribution in [1.29, 1.82) is 0 Å². The molecule has 2 aliphatic rings. The smallest absolute Gasteiger partial charge is 0.416 e. The Balaban J connectivity index is 1.73. The molecule has 2 N–H and O–H groups in total. The minimum atomic E-state index is -4.46. The number of carboxylic acids is 1. The SMILES string of the molecule is O=C(NC1(C(=O)O)CCC1)C1CC1c1ccccc1C(F)(F)F. The van der Waals surface area contributed by atoms with E-state index < -0.39 is 41.0 Å². The van der Waals surface area contributed by atoms with E-state index >= 15 is 0 Å². The van der Waals surface area contributed by atoms with Gasteiger partial charge >= 0.3 is 12.1 Å². The second-order valence-electron chi connectivity index (χ2n) is 6.26. The average molecular weight is 327 g/mol. The van der Waals surface area contributed by atoms with E-state index in [2.05, 4.69) is 5.32 Å². The zero-order chi connectivity index (χ0) is 16.8. The number of carbonyl (C=O) groups is 2. The first-order valence-corrected chi connectivity index (χ1v) is 7.46. The summed E-state index contributed by atoms with van der Waals surface area (Å²) in [6, 6.07) is 5.23. The fourth-order valence-electron chi connectivity index (χ4n) is 3.16. The molecule has 7 heteroatoms. The third-order valence-electron chi connectivity index (χ3n) is 4.77. The molecule has 2 aliphatic carbocycles. The fraction of sp³-hybridized carbons (Fsp3) is 0.500. The highest BCUT2D eigenvalue weighted by Gasteiger charge is 2.52. The molecule has 0 bridgehead atoms. The Morgan fingerprint density at radius 3 is 2.39 bits per heavy atom. The molecule has 0 heterocycles. The topological polar surface area (TPSA) is 66.4 Å². The first kappa shape index (κ1) is 15.8. The Labute approximate surface area is 130 Å². The number of benzene rings is 1. The molecule has 0 aromatic heterocycles. The normalized spacial score (nSPS) is 25.3. The number of alkyl halides is 3.